The summed E-state index contributed by atoms with van der Waals surface area (Å²) >= 11 is 2.40. The molecule has 0 bridgehead atoms. The largest absolute Gasteiger partial charge is 0.815 e. The van der Waals surface area contributed by atoms with Gasteiger partial charge in [0.2, 0.25) is 0 Å². The molecule has 0 atom stereocenters. The highest BCUT2D eigenvalue weighted by molar-refractivity contribution is 7.31. The second-order valence-electron chi connectivity index (χ2n) is 4.47. The molecule has 0 unspecified atom stereocenters. The van der Waals surface area contributed by atoms with Gasteiger partial charge in [-0.2, -0.15) is 20.1 Å². The Morgan fingerprint density at radius 1 is 1.12 bits per heavy atom. The lowest BCUT2D eigenvalue weighted by Gasteiger charge is -2.18. The van der Waals surface area contributed by atoms with E-state index in [1.165, 1.54) is 33.3 Å². The SMILES string of the molecule is CCOC(=O)/C(C(=O)C(=O)Cl)=C(\[O][Al]([Cl])[Cl])c1cc(OC)ccc1OC. The fourth-order valence-corrected chi connectivity index (χ4v) is 2.98. The number of methoxy groups -OCH3 is 2. The fourth-order valence-electron chi connectivity index (χ4n) is 1.93. The van der Waals surface area contributed by atoms with Crippen LogP contribution in [0.4, 0.5) is 0 Å². The minimum absolute atomic E-state index is 0.0583. The Hall–Kier alpha value is -1.43. The summed E-state index contributed by atoms with van der Waals surface area (Å²) in [6.45, 7) is 1.47. The first-order valence-electron chi connectivity index (χ1n) is 7.09. The van der Waals surface area contributed by atoms with Gasteiger partial charge in [-0.05, 0) is 36.7 Å². The second-order valence-corrected chi connectivity index (χ2v) is 8.62. The number of carbonyl (C=O) groups is 3. The molecular weight excluding hydrogens is 425 g/mol. The van der Waals surface area contributed by atoms with Crippen LogP contribution in [0.1, 0.15) is 12.5 Å². The summed E-state index contributed by atoms with van der Waals surface area (Å²) in [7, 11) is 14.4. The van der Waals surface area contributed by atoms with E-state index in [-0.39, 0.29) is 23.7 Å². The van der Waals surface area contributed by atoms with Crippen LogP contribution in [0, 0.1) is 0 Å². The molecule has 0 amide bonds. The van der Waals surface area contributed by atoms with Gasteiger partial charge in [-0.1, -0.05) is 0 Å². The molecule has 0 aliphatic carbocycles. The van der Waals surface area contributed by atoms with Crippen molar-refractivity contribution in [2.75, 3.05) is 20.8 Å². The highest BCUT2D eigenvalue weighted by Crippen LogP contribution is 2.34. The number of ketones is 1. The van der Waals surface area contributed by atoms with Crippen LogP contribution in [-0.2, 0) is 22.9 Å². The molecule has 0 saturated carbocycles. The highest BCUT2D eigenvalue weighted by atomic mass is 35.7. The summed E-state index contributed by atoms with van der Waals surface area (Å²) in [6, 6.07) is 4.51. The van der Waals surface area contributed by atoms with Crippen molar-refractivity contribution in [2.45, 2.75) is 6.92 Å². The molecule has 1 rings (SSSR count). The maximum atomic E-state index is 12.3. The maximum absolute atomic E-state index is 12.3. The fraction of sp³-hybridized carbons (Fsp3) is 0.267. The summed E-state index contributed by atoms with van der Waals surface area (Å²) in [6.07, 6.45) is 0. The third-order valence-corrected chi connectivity index (χ3v) is 4.09. The lowest BCUT2D eigenvalue weighted by Crippen LogP contribution is -2.23. The number of benzene rings is 1. The van der Waals surface area contributed by atoms with Crippen molar-refractivity contribution in [3.8, 4) is 11.5 Å². The van der Waals surface area contributed by atoms with Crippen LogP contribution in [-0.4, -0.2) is 50.5 Å². The number of ether oxygens (including phenoxy) is 3. The van der Waals surface area contributed by atoms with Gasteiger partial charge < -0.3 is 18.0 Å². The van der Waals surface area contributed by atoms with Crippen LogP contribution in [0.5, 0.6) is 11.5 Å². The standard InChI is InChI=1S/C15H15ClO7.Al.2ClH/c1-4-23-15(20)11(13(18)14(16)19)12(17)9-7-8(21-2)5-6-10(9)22-3;;;/h5-7,17H,4H2,1-3H3;;2*1H/q;+3;;/p-3/b12-11-;;;. The summed E-state index contributed by atoms with van der Waals surface area (Å²) in [4.78, 5) is 36.0. The number of carbonyl (C=O) groups excluding carboxylic acids is 3. The quantitative estimate of drug-likeness (QED) is 0.0854. The van der Waals surface area contributed by atoms with Gasteiger partial charge in [0.15, 0.2) is 5.57 Å². The first-order chi connectivity index (χ1) is 12.3. The summed E-state index contributed by atoms with van der Waals surface area (Å²) in [5, 5.41) is -1.40. The number of hydrogen-bond acceptors (Lipinski definition) is 7. The molecule has 0 aliphatic heterocycles. The molecule has 1 aromatic rings. The molecule has 0 N–H and O–H groups in total. The average Bonchev–Trinajstić information content (AvgIpc) is 2.60. The van der Waals surface area contributed by atoms with E-state index in [2.05, 4.69) is 0 Å². The molecule has 0 heterocycles. The lowest BCUT2D eigenvalue weighted by atomic mass is 10.0. The smallest absolute Gasteiger partial charge is 0.619 e. The molecule has 0 aliphatic rings. The minimum atomic E-state index is -2.87. The zero-order valence-corrected chi connectivity index (χ0v) is 17.4. The van der Waals surface area contributed by atoms with Crippen molar-refractivity contribution < 1.29 is 32.4 Å². The minimum Gasteiger partial charge on any atom is -0.619 e. The Morgan fingerprint density at radius 3 is 2.23 bits per heavy atom. The van der Waals surface area contributed by atoms with Crippen molar-refractivity contribution >= 4 is 67.1 Å². The summed E-state index contributed by atoms with van der Waals surface area (Å²) in [5.74, 6) is -2.25. The molecule has 0 radical (unpaired) electrons. The molecular formula is C15H14AlCl3O7. The predicted octanol–water partition coefficient (Wildman–Crippen LogP) is 2.79. The molecule has 0 spiro atoms. The van der Waals surface area contributed by atoms with Gasteiger partial charge >= 0.3 is 18.6 Å². The average molecular weight is 440 g/mol. The Labute approximate surface area is 167 Å². The Morgan fingerprint density at radius 2 is 1.77 bits per heavy atom. The van der Waals surface area contributed by atoms with Crippen molar-refractivity contribution in [3.05, 3.63) is 29.3 Å². The van der Waals surface area contributed by atoms with Gasteiger partial charge in [0, 0.05) is 0 Å². The third kappa shape index (κ3) is 5.80. The Kier molecular flexibility index (Phi) is 9.27. The Bertz CT molecular complexity index is 734. The number of esters is 1. The number of hydrogen-bond donors (Lipinski definition) is 0. The number of halogens is 3. The van der Waals surface area contributed by atoms with Crippen molar-refractivity contribution in [2.24, 2.45) is 0 Å². The van der Waals surface area contributed by atoms with Gasteiger partial charge in [0.25, 0.3) is 11.0 Å². The van der Waals surface area contributed by atoms with Crippen LogP contribution in [0.25, 0.3) is 5.76 Å². The monoisotopic (exact) mass is 438 g/mol. The van der Waals surface area contributed by atoms with E-state index >= 15 is 0 Å². The Balaban J connectivity index is 3.82. The zero-order valence-electron chi connectivity index (χ0n) is 14.0. The van der Waals surface area contributed by atoms with E-state index in [0.29, 0.717) is 5.75 Å². The molecule has 0 aromatic heterocycles. The second kappa shape index (κ2) is 10.7. The van der Waals surface area contributed by atoms with Crippen LogP contribution < -0.4 is 9.47 Å². The van der Waals surface area contributed by atoms with E-state index in [1.54, 1.807) is 6.07 Å². The number of rotatable bonds is 9. The molecule has 7 nitrogen and oxygen atoms in total. The van der Waals surface area contributed by atoms with Crippen LogP contribution in [0.15, 0.2) is 23.8 Å². The predicted molar refractivity (Wildman–Crippen MR) is 97.5 cm³/mol. The van der Waals surface area contributed by atoms with Gasteiger partial charge in [-0.15, -0.1) is 0 Å². The maximum Gasteiger partial charge on any atom is 0.815 e. The molecule has 11 heteroatoms. The molecule has 0 fully saturated rings. The van der Waals surface area contributed by atoms with Crippen molar-refractivity contribution in [1.29, 1.82) is 0 Å². The first-order valence-corrected chi connectivity index (χ1v) is 11.4. The van der Waals surface area contributed by atoms with Crippen LogP contribution in [0.2, 0.25) is 0 Å². The normalized spacial score (nSPS) is 11.2. The third-order valence-electron chi connectivity index (χ3n) is 2.97. The van der Waals surface area contributed by atoms with E-state index in [1.807, 2.05) is 0 Å². The first kappa shape index (κ1) is 22.6. The number of Topliss-reactive ketones (excluding diaryl/α,β-unsaturated/α-hetero) is 1. The summed E-state index contributed by atoms with van der Waals surface area (Å²) < 4.78 is 20.5. The van der Waals surface area contributed by atoms with E-state index < -0.39 is 35.2 Å². The molecule has 1 aromatic carbocycles. The van der Waals surface area contributed by atoms with Crippen LogP contribution >= 0.6 is 31.7 Å². The van der Waals surface area contributed by atoms with Crippen molar-refractivity contribution in [3.63, 3.8) is 0 Å². The van der Waals surface area contributed by atoms with E-state index in [0.717, 1.165) is 0 Å². The highest BCUT2D eigenvalue weighted by Gasteiger charge is 2.34. The van der Waals surface area contributed by atoms with Gasteiger partial charge in [-0.25, -0.2) is 4.79 Å². The molecule has 26 heavy (non-hydrogen) atoms. The van der Waals surface area contributed by atoms with Crippen molar-refractivity contribution in [1.82, 2.24) is 0 Å². The molecule has 0 saturated heterocycles. The van der Waals surface area contributed by atoms with Gasteiger partial charge in [-0.3, -0.25) is 9.59 Å². The lowest BCUT2D eigenvalue weighted by molar-refractivity contribution is -0.141. The molecule has 140 valence electrons. The summed E-state index contributed by atoms with van der Waals surface area (Å²) in [5.41, 5.74) is -0.628. The van der Waals surface area contributed by atoms with E-state index in [9.17, 15) is 14.4 Å². The van der Waals surface area contributed by atoms with Gasteiger partial charge in [0.1, 0.15) is 17.3 Å². The van der Waals surface area contributed by atoms with Crippen LogP contribution in [0.3, 0.4) is 0 Å². The van der Waals surface area contributed by atoms with E-state index in [4.69, 9.17) is 49.7 Å². The zero-order chi connectivity index (χ0) is 19.9. The van der Waals surface area contributed by atoms with Gasteiger partial charge in [0.05, 0.1) is 26.4 Å². The topological polar surface area (TPSA) is 88.1 Å².